The molecular formula is C13H17N3O4. The third-order valence-electron chi connectivity index (χ3n) is 2.99. The maximum atomic E-state index is 12.4. The van der Waals surface area contributed by atoms with Gasteiger partial charge >= 0.3 is 0 Å². The van der Waals surface area contributed by atoms with Gasteiger partial charge in [-0.15, -0.1) is 0 Å². The molecule has 2 aromatic rings. The van der Waals surface area contributed by atoms with E-state index >= 15 is 0 Å². The lowest BCUT2D eigenvalue weighted by molar-refractivity contribution is 0.326. The standard InChI is InChI=1S/C13H17N3O4/c1-18-9-6-8-10(12(20-3)11(9)19-2)15-7-16(5-4-14)13(8)17/h6-7H,4-5,14H2,1-3H3. The van der Waals surface area contributed by atoms with Crippen molar-refractivity contribution in [3.05, 3.63) is 22.7 Å². The number of hydrogen-bond donors (Lipinski definition) is 1. The zero-order chi connectivity index (χ0) is 14.7. The van der Waals surface area contributed by atoms with Gasteiger partial charge in [0.05, 0.1) is 33.0 Å². The summed E-state index contributed by atoms with van der Waals surface area (Å²) in [6.45, 7) is 0.760. The molecule has 20 heavy (non-hydrogen) atoms. The number of aromatic nitrogens is 2. The van der Waals surface area contributed by atoms with Crippen LogP contribution in [0.2, 0.25) is 0 Å². The number of hydrogen-bond acceptors (Lipinski definition) is 6. The second-order valence-corrected chi connectivity index (χ2v) is 4.07. The Morgan fingerprint density at radius 1 is 1.20 bits per heavy atom. The molecule has 0 fully saturated rings. The molecule has 0 aliphatic carbocycles. The molecule has 1 aromatic carbocycles. The van der Waals surface area contributed by atoms with Gasteiger partial charge < -0.3 is 19.9 Å². The Labute approximate surface area is 115 Å². The fourth-order valence-electron chi connectivity index (χ4n) is 2.07. The minimum atomic E-state index is -0.195. The summed E-state index contributed by atoms with van der Waals surface area (Å²) in [5.41, 5.74) is 5.71. The molecule has 0 saturated carbocycles. The van der Waals surface area contributed by atoms with E-state index in [0.29, 0.717) is 41.2 Å². The van der Waals surface area contributed by atoms with Crippen LogP contribution in [0.5, 0.6) is 17.2 Å². The van der Waals surface area contributed by atoms with Crippen LogP contribution in [-0.4, -0.2) is 37.4 Å². The van der Waals surface area contributed by atoms with E-state index in [4.69, 9.17) is 19.9 Å². The Hall–Kier alpha value is -2.28. The predicted octanol–water partition coefficient (Wildman–Crippen LogP) is 0.381. The molecular weight excluding hydrogens is 262 g/mol. The first-order chi connectivity index (χ1) is 9.67. The summed E-state index contributed by atoms with van der Waals surface area (Å²) in [6.07, 6.45) is 1.45. The molecule has 0 saturated heterocycles. The van der Waals surface area contributed by atoms with Gasteiger partial charge in [-0.25, -0.2) is 4.98 Å². The summed E-state index contributed by atoms with van der Waals surface area (Å²) < 4.78 is 17.3. The number of rotatable bonds is 5. The van der Waals surface area contributed by atoms with Crippen molar-refractivity contribution in [2.24, 2.45) is 5.73 Å². The topological polar surface area (TPSA) is 88.6 Å². The largest absolute Gasteiger partial charge is 0.493 e. The van der Waals surface area contributed by atoms with E-state index in [1.54, 1.807) is 6.07 Å². The van der Waals surface area contributed by atoms with Crippen molar-refractivity contribution in [2.45, 2.75) is 6.54 Å². The lowest BCUT2D eigenvalue weighted by Gasteiger charge is -2.14. The highest BCUT2D eigenvalue weighted by molar-refractivity contribution is 5.89. The number of benzene rings is 1. The number of fused-ring (bicyclic) bond motifs is 1. The molecule has 2 N–H and O–H groups in total. The van der Waals surface area contributed by atoms with Crippen LogP contribution in [0.1, 0.15) is 0 Å². The third kappa shape index (κ3) is 2.16. The molecule has 0 aliphatic heterocycles. The van der Waals surface area contributed by atoms with E-state index in [0.717, 1.165) is 0 Å². The normalized spacial score (nSPS) is 10.6. The van der Waals surface area contributed by atoms with Crippen LogP contribution in [0.25, 0.3) is 10.9 Å². The highest BCUT2D eigenvalue weighted by Crippen LogP contribution is 2.41. The third-order valence-corrected chi connectivity index (χ3v) is 2.99. The Kier molecular flexibility index (Phi) is 4.09. The summed E-state index contributed by atoms with van der Waals surface area (Å²) in [7, 11) is 4.49. The van der Waals surface area contributed by atoms with Crippen molar-refractivity contribution in [1.82, 2.24) is 9.55 Å². The molecule has 0 amide bonds. The molecule has 0 atom stereocenters. The molecule has 108 valence electrons. The minimum Gasteiger partial charge on any atom is -0.493 e. The first-order valence-corrected chi connectivity index (χ1v) is 6.06. The smallest absolute Gasteiger partial charge is 0.261 e. The maximum Gasteiger partial charge on any atom is 0.261 e. The summed E-state index contributed by atoms with van der Waals surface area (Å²) in [6, 6.07) is 1.60. The van der Waals surface area contributed by atoms with Gasteiger partial charge in [0.2, 0.25) is 5.75 Å². The Morgan fingerprint density at radius 3 is 2.45 bits per heavy atom. The maximum absolute atomic E-state index is 12.4. The van der Waals surface area contributed by atoms with Gasteiger partial charge in [-0.05, 0) is 6.07 Å². The van der Waals surface area contributed by atoms with Crippen LogP contribution in [0.3, 0.4) is 0 Å². The van der Waals surface area contributed by atoms with Crippen LogP contribution < -0.4 is 25.5 Å². The van der Waals surface area contributed by atoms with Crippen LogP contribution in [0.4, 0.5) is 0 Å². The van der Waals surface area contributed by atoms with Crippen molar-refractivity contribution >= 4 is 10.9 Å². The Balaban J connectivity index is 2.84. The Bertz CT molecular complexity index is 681. The number of nitrogens with two attached hydrogens (primary N) is 1. The molecule has 0 aliphatic rings. The van der Waals surface area contributed by atoms with Crippen molar-refractivity contribution in [1.29, 1.82) is 0 Å². The molecule has 7 nitrogen and oxygen atoms in total. The SMILES string of the molecule is COc1cc2c(=O)n(CCN)cnc2c(OC)c1OC. The second-order valence-electron chi connectivity index (χ2n) is 4.07. The van der Waals surface area contributed by atoms with Crippen LogP contribution in [-0.2, 0) is 6.54 Å². The highest BCUT2D eigenvalue weighted by Gasteiger charge is 2.19. The first-order valence-electron chi connectivity index (χ1n) is 6.06. The molecule has 1 heterocycles. The van der Waals surface area contributed by atoms with Crippen LogP contribution in [0.15, 0.2) is 17.2 Å². The number of nitrogens with zero attached hydrogens (tertiary/aromatic N) is 2. The van der Waals surface area contributed by atoms with Crippen LogP contribution in [0, 0.1) is 0 Å². The summed E-state index contributed by atoms with van der Waals surface area (Å²) in [5, 5.41) is 0.399. The zero-order valence-electron chi connectivity index (χ0n) is 11.7. The molecule has 1 aromatic heterocycles. The van der Waals surface area contributed by atoms with Crippen molar-refractivity contribution in [2.75, 3.05) is 27.9 Å². The Morgan fingerprint density at radius 2 is 1.90 bits per heavy atom. The fourth-order valence-corrected chi connectivity index (χ4v) is 2.07. The quantitative estimate of drug-likeness (QED) is 0.851. The molecule has 0 bridgehead atoms. The van der Waals surface area contributed by atoms with Gasteiger partial charge in [0.25, 0.3) is 5.56 Å². The van der Waals surface area contributed by atoms with Gasteiger partial charge in [0.1, 0.15) is 5.52 Å². The summed E-state index contributed by atoms with van der Waals surface area (Å²) in [4.78, 5) is 16.6. The molecule has 0 radical (unpaired) electrons. The zero-order valence-corrected chi connectivity index (χ0v) is 11.7. The van der Waals surface area contributed by atoms with E-state index in [1.807, 2.05) is 0 Å². The van der Waals surface area contributed by atoms with Crippen molar-refractivity contribution in [3.8, 4) is 17.2 Å². The first kappa shape index (κ1) is 14.1. The van der Waals surface area contributed by atoms with E-state index in [-0.39, 0.29) is 5.56 Å². The number of ether oxygens (including phenoxy) is 3. The summed E-state index contributed by atoms with van der Waals surface area (Å²) in [5.74, 6) is 1.20. The van der Waals surface area contributed by atoms with Gasteiger partial charge in [-0.1, -0.05) is 0 Å². The van der Waals surface area contributed by atoms with E-state index < -0.39 is 0 Å². The van der Waals surface area contributed by atoms with E-state index in [1.165, 1.54) is 32.2 Å². The fraction of sp³-hybridized carbons (Fsp3) is 0.385. The number of methoxy groups -OCH3 is 3. The molecule has 0 unspecified atom stereocenters. The van der Waals surface area contributed by atoms with Crippen LogP contribution >= 0.6 is 0 Å². The molecule has 0 spiro atoms. The summed E-state index contributed by atoms with van der Waals surface area (Å²) >= 11 is 0. The highest BCUT2D eigenvalue weighted by atomic mass is 16.5. The minimum absolute atomic E-state index is 0.195. The average molecular weight is 279 g/mol. The lowest BCUT2D eigenvalue weighted by Crippen LogP contribution is -2.24. The lowest BCUT2D eigenvalue weighted by atomic mass is 10.2. The average Bonchev–Trinajstić information content (AvgIpc) is 2.48. The van der Waals surface area contributed by atoms with Crippen molar-refractivity contribution in [3.63, 3.8) is 0 Å². The van der Waals surface area contributed by atoms with E-state index in [9.17, 15) is 4.79 Å². The monoisotopic (exact) mass is 279 g/mol. The second kappa shape index (κ2) is 5.79. The molecule has 2 rings (SSSR count). The predicted molar refractivity (Wildman–Crippen MR) is 74.7 cm³/mol. The van der Waals surface area contributed by atoms with Crippen molar-refractivity contribution < 1.29 is 14.2 Å². The van der Waals surface area contributed by atoms with Gasteiger partial charge in [0, 0.05) is 13.1 Å². The van der Waals surface area contributed by atoms with Gasteiger partial charge in [-0.3, -0.25) is 9.36 Å². The van der Waals surface area contributed by atoms with Gasteiger partial charge in [-0.2, -0.15) is 0 Å². The van der Waals surface area contributed by atoms with E-state index in [2.05, 4.69) is 4.98 Å². The van der Waals surface area contributed by atoms with Gasteiger partial charge in [0.15, 0.2) is 11.5 Å². The molecule has 7 heteroatoms.